The van der Waals surface area contributed by atoms with Gasteiger partial charge in [-0.15, -0.1) is 0 Å². The van der Waals surface area contributed by atoms with Crippen LogP contribution >= 0.6 is 0 Å². The predicted octanol–water partition coefficient (Wildman–Crippen LogP) is 2.90. The number of ether oxygens (including phenoxy) is 1. The Bertz CT molecular complexity index is 1100. The monoisotopic (exact) mass is 582 g/mol. The van der Waals surface area contributed by atoms with E-state index >= 15 is 0 Å². The number of hydrogen-bond donors (Lipinski definition) is 3. The fourth-order valence-corrected chi connectivity index (χ4v) is 5.91. The Morgan fingerprint density at radius 2 is 1.75 bits per heavy atom. The summed E-state index contributed by atoms with van der Waals surface area (Å²) in [5.41, 5.74) is -2.12. The molecule has 40 heavy (non-hydrogen) atoms. The average molecular weight is 583 g/mol. The first kappa shape index (κ1) is 31.9. The molecule has 0 bridgehead atoms. The smallest absolute Gasteiger partial charge is 0.408 e. The van der Waals surface area contributed by atoms with Gasteiger partial charge in [-0.05, 0) is 73.1 Å². The molecule has 0 aromatic carbocycles. The van der Waals surface area contributed by atoms with Gasteiger partial charge in [0.15, 0.2) is 0 Å². The van der Waals surface area contributed by atoms with Gasteiger partial charge in [-0.2, -0.15) is 0 Å². The number of rotatable bonds is 4. The highest BCUT2D eigenvalue weighted by molar-refractivity contribution is 7.90. The molecule has 2 heterocycles. The number of alkyl carbamates (subject to hydrolysis) is 1. The molecule has 0 radical (unpaired) electrons. The van der Waals surface area contributed by atoms with Crippen LogP contribution in [0.3, 0.4) is 0 Å². The fourth-order valence-electron chi connectivity index (χ4n) is 5.24. The zero-order valence-electron chi connectivity index (χ0n) is 24.5. The van der Waals surface area contributed by atoms with Crippen molar-refractivity contribution >= 4 is 33.8 Å². The molecule has 3 N–H and O–H groups in total. The van der Waals surface area contributed by atoms with Crippen LogP contribution < -0.4 is 15.4 Å². The van der Waals surface area contributed by atoms with Crippen LogP contribution in [-0.4, -0.2) is 72.2 Å². The molecule has 1 saturated carbocycles. The van der Waals surface area contributed by atoms with Crippen molar-refractivity contribution in [1.29, 1.82) is 0 Å². The van der Waals surface area contributed by atoms with E-state index in [4.69, 9.17) is 4.74 Å². The van der Waals surface area contributed by atoms with Gasteiger partial charge in [0.1, 0.15) is 23.2 Å². The number of carbonyl (C=O) groups is 4. The van der Waals surface area contributed by atoms with Crippen molar-refractivity contribution in [2.45, 2.75) is 127 Å². The maximum Gasteiger partial charge on any atom is 0.408 e. The molecule has 226 valence electrons. The molecule has 0 aromatic heterocycles. The van der Waals surface area contributed by atoms with E-state index in [0.29, 0.717) is 25.8 Å². The zero-order valence-corrected chi connectivity index (χ0v) is 25.3. The first-order valence-corrected chi connectivity index (χ1v) is 16.1. The molecule has 1 aliphatic carbocycles. The first-order valence-electron chi connectivity index (χ1n) is 14.5. The van der Waals surface area contributed by atoms with Crippen LogP contribution in [0.1, 0.15) is 98.8 Å². The third-order valence-corrected chi connectivity index (χ3v) is 9.39. The van der Waals surface area contributed by atoms with Gasteiger partial charge in [-0.3, -0.25) is 19.1 Å². The van der Waals surface area contributed by atoms with Crippen molar-refractivity contribution < 1.29 is 32.3 Å². The molecule has 12 heteroatoms. The van der Waals surface area contributed by atoms with Crippen molar-refractivity contribution in [2.75, 3.05) is 6.54 Å². The third-order valence-electron chi connectivity index (χ3n) is 7.68. The van der Waals surface area contributed by atoms with Crippen molar-refractivity contribution in [2.24, 2.45) is 5.92 Å². The quantitative estimate of drug-likeness (QED) is 0.431. The topological polar surface area (TPSA) is 151 Å². The SMILES string of the molecule is CC(C)S(=O)(=O)NC(=O)[C@@]12C[C@H]1/C=C\CCCCCCCC(NC(=O)OC(C)(C)C)C(=O)N1CCC[C@H]1C(=O)N2. The van der Waals surface area contributed by atoms with Gasteiger partial charge < -0.3 is 20.3 Å². The summed E-state index contributed by atoms with van der Waals surface area (Å²) in [4.78, 5) is 54.6. The molecule has 3 aliphatic rings. The second kappa shape index (κ2) is 12.9. The Balaban J connectivity index is 1.85. The van der Waals surface area contributed by atoms with Gasteiger partial charge >= 0.3 is 6.09 Å². The van der Waals surface area contributed by atoms with E-state index in [0.717, 1.165) is 38.5 Å². The number of allylic oxidation sites excluding steroid dienone is 1. The maximum atomic E-state index is 13.7. The molecule has 2 fully saturated rings. The van der Waals surface area contributed by atoms with Gasteiger partial charge in [-0.25, -0.2) is 13.2 Å². The summed E-state index contributed by atoms with van der Waals surface area (Å²) in [6, 6.07) is -1.68. The van der Waals surface area contributed by atoms with Gasteiger partial charge in [0.2, 0.25) is 21.8 Å². The van der Waals surface area contributed by atoms with Crippen LogP contribution in [0.15, 0.2) is 12.2 Å². The molecular formula is C28H46N4O7S. The Morgan fingerprint density at radius 1 is 1.07 bits per heavy atom. The maximum absolute atomic E-state index is 13.7. The van der Waals surface area contributed by atoms with E-state index < -0.39 is 56.4 Å². The van der Waals surface area contributed by atoms with Gasteiger partial charge in [0.05, 0.1) is 5.25 Å². The Labute approximate surface area is 238 Å². The largest absolute Gasteiger partial charge is 0.444 e. The van der Waals surface area contributed by atoms with E-state index in [1.54, 1.807) is 20.8 Å². The lowest BCUT2D eigenvalue weighted by atomic mass is 10.0. The van der Waals surface area contributed by atoms with Gasteiger partial charge in [0, 0.05) is 12.5 Å². The van der Waals surface area contributed by atoms with E-state index in [-0.39, 0.29) is 18.2 Å². The highest BCUT2D eigenvalue weighted by atomic mass is 32.2. The van der Waals surface area contributed by atoms with Crippen LogP contribution in [0.25, 0.3) is 0 Å². The Hall–Kier alpha value is -2.63. The molecule has 3 rings (SSSR count). The molecule has 0 aromatic rings. The molecule has 2 aliphatic heterocycles. The fraction of sp³-hybridized carbons (Fsp3) is 0.786. The normalized spacial score (nSPS) is 29.4. The highest BCUT2D eigenvalue weighted by Gasteiger charge is 2.61. The lowest BCUT2D eigenvalue weighted by Crippen LogP contribution is -2.58. The molecular weight excluding hydrogens is 536 g/mol. The van der Waals surface area contributed by atoms with Crippen molar-refractivity contribution in [1.82, 2.24) is 20.3 Å². The number of carbonyl (C=O) groups excluding carboxylic acids is 4. The number of nitrogens with one attached hydrogen (secondary N) is 3. The molecule has 0 spiro atoms. The van der Waals surface area contributed by atoms with Gasteiger partial charge in [0.25, 0.3) is 5.91 Å². The third kappa shape index (κ3) is 8.20. The molecule has 11 nitrogen and oxygen atoms in total. The van der Waals surface area contributed by atoms with E-state index in [1.165, 1.54) is 18.7 Å². The first-order chi connectivity index (χ1) is 18.7. The van der Waals surface area contributed by atoms with Crippen LogP contribution in [0.4, 0.5) is 4.79 Å². The number of sulfonamides is 1. The second-order valence-corrected chi connectivity index (χ2v) is 14.7. The number of amides is 4. The number of nitrogens with zero attached hydrogens (tertiary/aromatic N) is 1. The molecule has 1 unspecified atom stereocenters. The number of hydrogen-bond acceptors (Lipinski definition) is 7. The summed E-state index contributed by atoms with van der Waals surface area (Å²) in [5.74, 6) is -1.97. The standard InChI is InChI=1S/C28H46N4O7S/c1-19(2)40(37,38)31-25(35)28-18-20(28)14-11-9-7-6-8-10-12-15-21(29-26(36)39-27(3,4)5)24(34)32-17-13-16-22(32)23(33)30-28/h11,14,19-22H,6-10,12-13,15-18H2,1-5H3,(H,29,36)(H,30,33)(H,31,35)/b14-11-/t20-,21?,22+,28-/m1/s1. The lowest BCUT2D eigenvalue weighted by molar-refractivity contribution is -0.141. The highest BCUT2D eigenvalue weighted by Crippen LogP contribution is 2.45. The summed E-state index contributed by atoms with van der Waals surface area (Å²) < 4.78 is 32.5. The van der Waals surface area contributed by atoms with Crippen molar-refractivity contribution in [3.8, 4) is 0 Å². The van der Waals surface area contributed by atoms with Crippen LogP contribution in [0, 0.1) is 5.92 Å². The van der Waals surface area contributed by atoms with E-state index in [1.807, 2.05) is 12.2 Å². The minimum atomic E-state index is -3.90. The summed E-state index contributed by atoms with van der Waals surface area (Å²) in [7, 11) is -3.90. The van der Waals surface area contributed by atoms with Crippen LogP contribution in [-0.2, 0) is 29.1 Å². The van der Waals surface area contributed by atoms with Crippen LogP contribution in [0.5, 0.6) is 0 Å². The van der Waals surface area contributed by atoms with E-state index in [2.05, 4.69) is 15.4 Å². The second-order valence-electron chi connectivity index (χ2n) is 12.5. The lowest BCUT2D eigenvalue weighted by Gasteiger charge is -2.30. The van der Waals surface area contributed by atoms with Crippen molar-refractivity contribution in [3.05, 3.63) is 12.2 Å². The zero-order chi connectivity index (χ0) is 29.7. The average Bonchev–Trinajstić information content (AvgIpc) is 3.30. The molecule has 4 amide bonds. The van der Waals surface area contributed by atoms with E-state index in [9.17, 15) is 27.6 Å². The molecule has 1 saturated heterocycles. The summed E-state index contributed by atoms with van der Waals surface area (Å²) in [6.07, 6.45) is 10.3. The minimum Gasteiger partial charge on any atom is -0.444 e. The Kier molecular flexibility index (Phi) is 10.3. The number of fused-ring (bicyclic) bond motifs is 2. The predicted molar refractivity (Wildman–Crippen MR) is 151 cm³/mol. The summed E-state index contributed by atoms with van der Waals surface area (Å²) in [5, 5.41) is 4.73. The summed E-state index contributed by atoms with van der Waals surface area (Å²) in [6.45, 7) is 8.52. The van der Waals surface area contributed by atoms with Crippen LogP contribution in [0.2, 0.25) is 0 Å². The molecule has 4 atom stereocenters. The van der Waals surface area contributed by atoms with Crippen molar-refractivity contribution in [3.63, 3.8) is 0 Å². The minimum absolute atomic E-state index is 0.276. The Morgan fingerprint density at radius 3 is 2.42 bits per heavy atom. The van der Waals surface area contributed by atoms with Gasteiger partial charge in [-0.1, -0.05) is 37.8 Å². The summed E-state index contributed by atoms with van der Waals surface area (Å²) >= 11 is 0.